The fraction of sp³-hybridized carbons (Fsp3) is 0.300. The number of ether oxygens (including phenoxy) is 1. The molecule has 0 bridgehead atoms. The zero-order chi connectivity index (χ0) is 25.3. The summed E-state index contributed by atoms with van der Waals surface area (Å²) in [6.45, 7) is 9.43. The van der Waals surface area contributed by atoms with Crippen LogP contribution in [0.3, 0.4) is 0 Å². The van der Waals surface area contributed by atoms with Gasteiger partial charge in [-0.2, -0.15) is 0 Å². The van der Waals surface area contributed by atoms with Crippen molar-refractivity contribution in [1.29, 1.82) is 0 Å². The highest BCUT2D eigenvalue weighted by Crippen LogP contribution is 2.32. The Bertz CT molecular complexity index is 1360. The van der Waals surface area contributed by atoms with Gasteiger partial charge in [0.25, 0.3) is 0 Å². The summed E-state index contributed by atoms with van der Waals surface area (Å²) in [6.07, 6.45) is 1.92. The average molecular weight is 547 g/mol. The highest BCUT2D eigenvalue weighted by atomic mass is 79.9. The van der Waals surface area contributed by atoms with Crippen molar-refractivity contribution in [3.8, 4) is 11.1 Å². The number of nitrogens with zero attached hydrogens (tertiary/aromatic N) is 3. The Labute approximate surface area is 221 Å². The molecular formula is C30H32BrN3O2. The first-order valence-corrected chi connectivity index (χ1v) is 13.2. The van der Waals surface area contributed by atoms with Crippen LogP contribution in [0.15, 0.2) is 83.5 Å². The number of benzene rings is 3. The summed E-state index contributed by atoms with van der Waals surface area (Å²) in [5.41, 5.74) is 5.64. The van der Waals surface area contributed by atoms with Gasteiger partial charge in [-0.1, -0.05) is 58.4 Å². The quantitative estimate of drug-likeness (QED) is 0.272. The van der Waals surface area contributed by atoms with Gasteiger partial charge in [-0.3, -0.25) is 0 Å². The molecule has 0 unspecified atom stereocenters. The van der Waals surface area contributed by atoms with E-state index in [9.17, 15) is 4.79 Å². The molecule has 1 aliphatic heterocycles. The lowest BCUT2D eigenvalue weighted by Gasteiger charge is -2.37. The van der Waals surface area contributed by atoms with Crippen LogP contribution in [0.4, 0.5) is 10.5 Å². The summed E-state index contributed by atoms with van der Waals surface area (Å²) in [4.78, 5) is 16.6. The number of aromatic nitrogens is 1. The maximum atomic E-state index is 12.5. The molecule has 2 heterocycles. The Morgan fingerprint density at radius 3 is 2.36 bits per heavy atom. The highest BCUT2D eigenvalue weighted by molar-refractivity contribution is 9.10. The fourth-order valence-corrected chi connectivity index (χ4v) is 5.12. The summed E-state index contributed by atoms with van der Waals surface area (Å²) in [7, 11) is 0. The standard InChI is InChI=1S/C30H32BrN3O2/c1-30(2,3)36-29(35)33-18-16-32(17-19-33)28-7-5-4-6-26(28)23-10-8-22(9-11-23)21-34-15-14-24-20-25(31)12-13-27(24)34/h4-15,20H,16-19,21H2,1-3H3. The summed E-state index contributed by atoms with van der Waals surface area (Å²) in [6, 6.07) is 26.0. The third-order valence-corrected chi connectivity index (χ3v) is 7.02. The Kier molecular flexibility index (Phi) is 6.80. The van der Waals surface area contributed by atoms with Gasteiger partial charge >= 0.3 is 6.09 Å². The van der Waals surface area contributed by atoms with Gasteiger partial charge in [-0.05, 0) is 62.2 Å². The van der Waals surface area contributed by atoms with Crippen molar-refractivity contribution >= 4 is 38.6 Å². The number of piperazine rings is 1. The molecule has 6 heteroatoms. The third-order valence-electron chi connectivity index (χ3n) is 6.53. The Morgan fingerprint density at radius 2 is 1.64 bits per heavy atom. The number of fused-ring (bicyclic) bond motifs is 1. The minimum Gasteiger partial charge on any atom is -0.444 e. The smallest absolute Gasteiger partial charge is 0.410 e. The summed E-state index contributed by atoms with van der Waals surface area (Å²) < 4.78 is 8.94. The summed E-state index contributed by atoms with van der Waals surface area (Å²) in [5, 5.41) is 1.24. The van der Waals surface area contributed by atoms with Gasteiger partial charge in [0.2, 0.25) is 0 Å². The van der Waals surface area contributed by atoms with E-state index in [1.54, 1.807) is 0 Å². The van der Waals surface area contributed by atoms with Gasteiger partial charge in [0.15, 0.2) is 0 Å². The molecule has 1 aliphatic rings. The number of hydrogen-bond donors (Lipinski definition) is 0. The first kappa shape index (κ1) is 24.4. The summed E-state index contributed by atoms with van der Waals surface area (Å²) in [5.74, 6) is 0. The van der Waals surface area contributed by atoms with Crippen molar-refractivity contribution in [3.63, 3.8) is 0 Å². The largest absolute Gasteiger partial charge is 0.444 e. The van der Waals surface area contributed by atoms with Crippen molar-refractivity contribution in [1.82, 2.24) is 9.47 Å². The second-order valence-corrected chi connectivity index (χ2v) is 11.2. The predicted molar refractivity (Wildman–Crippen MR) is 151 cm³/mol. The van der Waals surface area contributed by atoms with E-state index in [1.807, 2.05) is 25.7 Å². The molecule has 1 amide bonds. The minimum atomic E-state index is -0.474. The predicted octanol–water partition coefficient (Wildman–Crippen LogP) is 7.18. The van der Waals surface area contributed by atoms with Crippen LogP contribution in [-0.2, 0) is 11.3 Å². The number of halogens is 1. The molecule has 1 fully saturated rings. The lowest BCUT2D eigenvalue weighted by molar-refractivity contribution is 0.0240. The lowest BCUT2D eigenvalue weighted by Crippen LogP contribution is -2.50. The lowest BCUT2D eigenvalue weighted by atomic mass is 10.0. The van der Waals surface area contributed by atoms with E-state index < -0.39 is 5.60 Å². The second kappa shape index (κ2) is 10.0. The molecule has 0 saturated carbocycles. The molecule has 186 valence electrons. The topological polar surface area (TPSA) is 37.7 Å². The number of carbonyl (C=O) groups excluding carboxylic acids is 1. The van der Waals surface area contributed by atoms with E-state index in [2.05, 4.69) is 104 Å². The van der Waals surface area contributed by atoms with Crippen LogP contribution in [0.5, 0.6) is 0 Å². The minimum absolute atomic E-state index is 0.228. The van der Waals surface area contributed by atoms with E-state index in [0.29, 0.717) is 13.1 Å². The third kappa shape index (κ3) is 5.44. The first-order valence-electron chi connectivity index (χ1n) is 12.4. The fourth-order valence-electron chi connectivity index (χ4n) is 4.75. The van der Waals surface area contributed by atoms with Crippen LogP contribution >= 0.6 is 15.9 Å². The van der Waals surface area contributed by atoms with Crippen LogP contribution in [0.2, 0.25) is 0 Å². The van der Waals surface area contributed by atoms with E-state index in [0.717, 1.165) is 24.1 Å². The number of hydrogen-bond acceptors (Lipinski definition) is 3. The van der Waals surface area contributed by atoms with Crippen LogP contribution in [0, 0.1) is 0 Å². The monoisotopic (exact) mass is 545 g/mol. The van der Waals surface area contributed by atoms with Crippen LogP contribution in [0.25, 0.3) is 22.0 Å². The number of rotatable bonds is 4. The van der Waals surface area contributed by atoms with Crippen molar-refractivity contribution in [2.75, 3.05) is 31.1 Å². The van der Waals surface area contributed by atoms with Gasteiger partial charge in [0.05, 0.1) is 0 Å². The van der Waals surface area contributed by atoms with E-state index >= 15 is 0 Å². The Morgan fingerprint density at radius 1 is 0.917 bits per heavy atom. The molecule has 1 aromatic heterocycles. The Balaban J connectivity index is 1.29. The van der Waals surface area contributed by atoms with Crippen molar-refractivity contribution in [2.24, 2.45) is 0 Å². The van der Waals surface area contributed by atoms with Crippen molar-refractivity contribution in [2.45, 2.75) is 32.9 Å². The number of anilines is 1. The number of para-hydroxylation sites is 1. The first-order chi connectivity index (χ1) is 17.3. The molecule has 0 spiro atoms. The SMILES string of the molecule is CC(C)(C)OC(=O)N1CCN(c2ccccc2-c2ccc(Cn3ccc4cc(Br)ccc43)cc2)CC1. The highest BCUT2D eigenvalue weighted by Gasteiger charge is 2.26. The summed E-state index contributed by atoms with van der Waals surface area (Å²) >= 11 is 3.56. The van der Waals surface area contributed by atoms with Gasteiger partial charge in [-0.15, -0.1) is 0 Å². The Hall–Kier alpha value is -3.25. The average Bonchev–Trinajstić information content (AvgIpc) is 3.25. The van der Waals surface area contributed by atoms with Gasteiger partial charge in [0, 0.05) is 65.5 Å². The molecule has 3 aromatic carbocycles. The van der Waals surface area contributed by atoms with Gasteiger partial charge < -0.3 is 19.1 Å². The van der Waals surface area contributed by atoms with Crippen LogP contribution in [0.1, 0.15) is 26.3 Å². The molecule has 1 saturated heterocycles. The molecule has 36 heavy (non-hydrogen) atoms. The maximum Gasteiger partial charge on any atom is 0.410 e. The van der Waals surface area contributed by atoms with Gasteiger partial charge in [0.1, 0.15) is 5.60 Å². The number of carbonyl (C=O) groups is 1. The molecule has 0 aliphatic carbocycles. The maximum absolute atomic E-state index is 12.5. The second-order valence-electron chi connectivity index (χ2n) is 10.3. The normalized spacial score (nSPS) is 14.3. The molecule has 0 atom stereocenters. The van der Waals surface area contributed by atoms with E-state index in [-0.39, 0.29) is 6.09 Å². The zero-order valence-corrected chi connectivity index (χ0v) is 22.7. The molecular weight excluding hydrogens is 514 g/mol. The van der Waals surface area contributed by atoms with Crippen molar-refractivity contribution < 1.29 is 9.53 Å². The molecule has 5 rings (SSSR count). The molecule has 0 N–H and O–H groups in total. The zero-order valence-electron chi connectivity index (χ0n) is 21.1. The van der Waals surface area contributed by atoms with Crippen LogP contribution < -0.4 is 4.90 Å². The van der Waals surface area contributed by atoms with E-state index in [1.165, 1.54) is 33.3 Å². The molecule has 0 radical (unpaired) electrons. The molecule has 5 nitrogen and oxygen atoms in total. The van der Waals surface area contributed by atoms with Gasteiger partial charge in [-0.25, -0.2) is 4.79 Å². The van der Waals surface area contributed by atoms with Crippen molar-refractivity contribution in [3.05, 3.63) is 89.0 Å². The van der Waals surface area contributed by atoms with E-state index in [4.69, 9.17) is 4.74 Å². The molecule has 4 aromatic rings. The number of amides is 1. The van der Waals surface area contributed by atoms with Crippen LogP contribution in [-0.4, -0.2) is 47.3 Å².